The molecule has 0 aromatic heterocycles. The Bertz CT molecular complexity index is 705. The molecule has 0 heterocycles. The third-order valence-electron chi connectivity index (χ3n) is 2.85. The number of carboxylic acid groups (broad SMARTS) is 1. The lowest BCUT2D eigenvalue weighted by Crippen LogP contribution is -1.99. The van der Waals surface area contributed by atoms with Crippen LogP contribution in [0.15, 0.2) is 36.4 Å². The summed E-state index contributed by atoms with van der Waals surface area (Å²) in [5.74, 6) is -0.979. The van der Waals surface area contributed by atoms with Gasteiger partial charge < -0.3 is 5.11 Å². The van der Waals surface area contributed by atoms with Gasteiger partial charge in [0, 0.05) is 21.4 Å². The van der Waals surface area contributed by atoms with Gasteiger partial charge in [0.25, 0.3) is 5.24 Å². The molecule has 2 aromatic carbocycles. The van der Waals surface area contributed by atoms with Crippen LogP contribution in [0.4, 0.5) is 0 Å². The summed E-state index contributed by atoms with van der Waals surface area (Å²) in [6.45, 7) is 3.51. The third-order valence-corrected chi connectivity index (χ3v) is 3.67. The third kappa shape index (κ3) is 9.21. The Morgan fingerprint density at radius 1 is 0.885 bits per heavy atom. The van der Waals surface area contributed by atoms with Gasteiger partial charge in [0.05, 0.1) is 21.2 Å². The second-order valence-electron chi connectivity index (χ2n) is 4.63. The van der Waals surface area contributed by atoms with Crippen LogP contribution in [0.3, 0.4) is 0 Å². The van der Waals surface area contributed by atoms with Crippen molar-refractivity contribution < 1.29 is 18.9 Å². The lowest BCUT2D eigenvalue weighted by atomic mass is 10.1. The number of halogens is 5. The molecule has 26 heavy (non-hydrogen) atoms. The summed E-state index contributed by atoms with van der Waals surface area (Å²) >= 11 is 16.7. The maximum atomic E-state index is 10.8. The van der Waals surface area contributed by atoms with Crippen LogP contribution in [-0.2, 0) is 9.23 Å². The molecule has 142 valence electrons. The molecular formula is C16H13Cl5O4S. The maximum absolute atomic E-state index is 10.8. The SMILES string of the molecule is Cc1cccc(Cl)c1C(=O)Cl.Cc1cccc(Cl)c1C(=O)O.O=S(Cl)Cl. The topological polar surface area (TPSA) is 71.4 Å². The van der Waals surface area contributed by atoms with Gasteiger partial charge in [0.15, 0.2) is 0 Å². The first kappa shape index (κ1) is 25.2. The first-order valence-corrected chi connectivity index (χ1v) is 10.6. The van der Waals surface area contributed by atoms with E-state index in [9.17, 15) is 9.59 Å². The van der Waals surface area contributed by atoms with E-state index in [1.54, 1.807) is 50.2 Å². The summed E-state index contributed by atoms with van der Waals surface area (Å²) in [6.07, 6.45) is 0. The van der Waals surface area contributed by atoms with Gasteiger partial charge in [0.2, 0.25) is 9.23 Å². The number of rotatable bonds is 2. The molecule has 1 N–H and O–H groups in total. The summed E-state index contributed by atoms with van der Waals surface area (Å²) < 4.78 is 9.09. The van der Waals surface area contributed by atoms with Crippen molar-refractivity contribution in [2.45, 2.75) is 13.8 Å². The molecule has 0 unspecified atom stereocenters. The molecule has 4 nitrogen and oxygen atoms in total. The molecule has 0 aliphatic rings. The normalized spacial score (nSPS) is 9.54. The minimum Gasteiger partial charge on any atom is -0.478 e. The van der Waals surface area contributed by atoms with Crippen LogP contribution >= 0.6 is 56.2 Å². The van der Waals surface area contributed by atoms with Crippen LogP contribution < -0.4 is 0 Å². The summed E-state index contributed by atoms with van der Waals surface area (Å²) in [5.41, 5.74) is 2.08. The fraction of sp³-hybridized carbons (Fsp3) is 0.125. The zero-order valence-corrected chi connectivity index (χ0v) is 18.0. The van der Waals surface area contributed by atoms with Gasteiger partial charge in [-0.3, -0.25) is 4.79 Å². The number of benzene rings is 2. The average molecular weight is 479 g/mol. The predicted molar refractivity (Wildman–Crippen MR) is 109 cm³/mol. The molecule has 0 aliphatic carbocycles. The van der Waals surface area contributed by atoms with Crippen molar-refractivity contribution in [2.75, 3.05) is 0 Å². The average Bonchev–Trinajstić information content (AvgIpc) is 2.46. The van der Waals surface area contributed by atoms with Gasteiger partial charge in [0.1, 0.15) is 0 Å². The van der Waals surface area contributed by atoms with Crippen molar-refractivity contribution in [3.05, 3.63) is 68.7 Å². The highest BCUT2D eigenvalue weighted by atomic mass is 36.0. The molecule has 2 aromatic rings. The van der Waals surface area contributed by atoms with E-state index in [4.69, 9.17) is 44.1 Å². The van der Waals surface area contributed by atoms with Gasteiger partial charge in [-0.2, -0.15) is 0 Å². The highest BCUT2D eigenvalue weighted by molar-refractivity contribution is 8.26. The summed E-state index contributed by atoms with van der Waals surface area (Å²) in [4.78, 5) is 21.3. The Morgan fingerprint density at radius 3 is 1.42 bits per heavy atom. The first-order chi connectivity index (χ1) is 12.0. The maximum Gasteiger partial charge on any atom is 0.337 e. The Balaban J connectivity index is 0.000000401. The van der Waals surface area contributed by atoms with Crippen LogP contribution in [0.5, 0.6) is 0 Å². The van der Waals surface area contributed by atoms with Crippen molar-refractivity contribution in [1.82, 2.24) is 0 Å². The fourth-order valence-corrected chi connectivity index (χ4v) is 2.69. The molecule has 2 rings (SSSR count). The Hall–Kier alpha value is -0.820. The van der Waals surface area contributed by atoms with Gasteiger partial charge in [-0.1, -0.05) is 47.5 Å². The minimum absolute atomic E-state index is 0.189. The molecule has 10 heteroatoms. The van der Waals surface area contributed by atoms with Gasteiger partial charge in [-0.05, 0) is 48.7 Å². The lowest BCUT2D eigenvalue weighted by Gasteiger charge is -2.00. The van der Waals surface area contributed by atoms with E-state index in [0.29, 0.717) is 16.1 Å². The number of aryl methyl sites for hydroxylation is 2. The van der Waals surface area contributed by atoms with Crippen molar-refractivity contribution in [3.63, 3.8) is 0 Å². The molecule has 0 atom stereocenters. The van der Waals surface area contributed by atoms with Crippen LogP contribution in [0.25, 0.3) is 0 Å². The van der Waals surface area contributed by atoms with Gasteiger partial charge >= 0.3 is 5.97 Å². The summed E-state index contributed by atoms with van der Waals surface area (Å²) in [7, 11) is 7.36. The smallest absolute Gasteiger partial charge is 0.337 e. The minimum atomic E-state index is -1.67. The number of carbonyl (C=O) groups is 2. The van der Waals surface area contributed by atoms with E-state index >= 15 is 0 Å². The van der Waals surface area contributed by atoms with E-state index in [-0.39, 0.29) is 10.6 Å². The molecule has 0 radical (unpaired) electrons. The van der Waals surface area contributed by atoms with E-state index < -0.39 is 20.4 Å². The molecule has 0 bridgehead atoms. The molecule has 0 aliphatic heterocycles. The molecule has 0 spiro atoms. The highest BCUT2D eigenvalue weighted by Gasteiger charge is 2.10. The number of hydrogen-bond donors (Lipinski definition) is 1. The molecular weight excluding hydrogens is 466 g/mol. The summed E-state index contributed by atoms with van der Waals surface area (Å²) in [5, 5.41) is 8.85. The number of hydrogen-bond acceptors (Lipinski definition) is 3. The first-order valence-electron chi connectivity index (χ1n) is 6.66. The quantitative estimate of drug-likeness (QED) is 0.506. The van der Waals surface area contributed by atoms with E-state index in [1.165, 1.54) is 0 Å². The number of carbonyl (C=O) groups excluding carboxylic acids is 1. The number of aromatic carboxylic acids is 1. The molecule has 0 saturated heterocycles. The van der Waals surface area contributed by atoms with Crippen LogP contribution in [0.1, 0.15) is 31.8 Å². The standard InChI is InChI=1S/C8H6Cl2O.C8H7ClO2.Cl2OS/c2*1-5-3-2-4-6(9)7(5)8(10)11;1-4(2)3/h2-4H,1H3;2-4H,1H3,(H,10,11);. The van der Waals surface area contributed by atoms with E-state index in [1.807, 2.05) is 0 Å². The largest absolute Gasteiger partial charge is 0.478 e. The van der Waals surface area contributed by atoms with E-state index in [2.05, 4.69) is 21.4 Å². The molecule has 0 fully saturated rings. The van der Waals surface area contributed by atoms with Crippen LogP contribution in [0.2, 0.25) is 10.0 Å². The zero-order valence-electron chi connectivity index (χ0n) is 13.4. The van der Waals surface area contributed by atoms with E-state index in [0.717, 1.165) is 5.56 Å². The van der Waals surface area contributed by atoms with Crippen molar-refractivity contribution >= 4 is 76.6 Å². The number of carboxylic acids is 1. The predicted octanol–water partition coefficient (Wildman–Crippen LogP) is 6.42. The van der Waals surface area contributed by atoms with Crippen LogP contribution in [-0.4, -0.2) is 20.5 Å². The monoisotopic (exact) mass is 476 g/mol. The highest BCUT2D eigenvalue weighted by Crippen LogP contribution is 2.21. The Kier molecular flexibility index (Phi) is 12.2. The second-order valence-corrected chi connectivity index (χ2v) is 8.31. The second kappa shape index (κ2) is 12.5. The van der Waals surface area contributed by atoms with Crippen molar-refractivity contribution in [3.8, 4) is 0 Å². The molecule has 0 saturated carbocycles. The fourth-order valence-electron chi connectivity index (χ4n) is 1.78. The van der Waals surface area contributed by atoms with Crippen molar-refractivity contribution in [1.29, 1.82) is 0 Å². The van der Waals surface area contributed by atoms with Crippen molar-refractivity contribution in [2.24, 2.45) is 0 Å². The Morgan fingerprint density at radius 2 is 1.23 bits per heavy atom. The summed E-state index contributed by atoms with van der Waals surface area (Å²) in [6, 6.07) is 10.2. The van der Waals surface area contributed by atoms with Crippen LogP contribution in [0, 0.1) is 13.8 Å². The Labute approximate surface area is 177 Å². The lowest BCUT2D eigenvalue weighted by molar-refractivity contribution is 0.0696. The van der Waals surface area contributed by atoms with Gasteiger partial charge in [-0.15, -0.1) is 0 Å². The molecule has 0 amide bonds. The zero-order chi connectivity index (χ0) is 20.4. The van der Waals surface area contributed by atoms with Gasteiger partial charge in [-0.25, -0.2) is 9.00 Å².